The summed E-state index contributed by atoms with van der Waals surface area (Å²) in [5.74, 6) is 1.44. The number of hydrogen-bond acceptors (Lipinski definition) is 6. The molecular weight excluding hydrogens is 420 g/mol. The number of hydrogen-bond donors (Lipinski definition) is 0. The fourth-order valence-electron chi connectivity index (χ4n) is 4.74. The van der Waals surface area contributed by atoms with Gasteiger partial charge in [0.2, 0.25) is 17.7 Å². The first-order chi connectivity index (χ1) is 16.0. The Labute approximate surface area is 194 Å². The molecule has 176 valence electrons. The van der Waals surface area contributed by atoms with E-state index in [4.69, 9.17) is 9.47 Å². The van der Waals surface area contributed by atoms with Crippen molar-refractivity contribution in [3.05, 3.63) is 48.4 Å². The lowest BCUT2D eigenvalue weighted by molar-refractivity contribution is -0.149. The predicted molar refractivity (Wildman–Crippen MR) is 123 cm³/mol. The largest absolute Gasteiger partial charge is 0.437 e. The third-order valence-electron chi connectivity index (χ3n) is 6.75. The summed E-state index contributed by atoms with van der Waals surface area (Å²) in [6, 6.07) is 9.55. The lowest BCUT2D eigenvalue weighted by Gasteiger charge is -2.43. The van der Waals surface area contributed by atoms with Crippen LogP contribution in [0.1, 0.15) is 44.2 Å². The number of methoxy groups -OCH3 is 1. The first-order valence-corrected chi connectivity index (χ1v) is 11.6. The fraction of sp³-hybridized carbons (Fsp3) is 0.520. The Balaban J connectivity index is 1.43. The van der Waals surface area contributed by atoms with Gasteiger partial charge in [-0.1, -0.05) is 25.1 Å². The Morgan fingerprint density at radius 3 is 2.52 bits per heavy atom. The van der Waals surface area contributed by atoms with Crippen LogP contribution in [-0.4, -0.2) is 71.5 Å². The molecule has 0 radical (unpaired) electrons. The van der Waals surface area contributed by atoms with Crippen LogP contribution in [0.3, 0.4) is 0 Å². The van der Waals surface area contributed by atoms with E-state index in [2.05, 4.69) is 9.97 Å². The molecule has 1 aromatic carbocycles. The second-order valence-electron chi connectivity index (χ2n) is 9.13. The Hall–Kier alpha value is -3.00. The second kappa shape index (κ2) is 10.3. The molecule has 0 spiro atoms. The summed E-state index contributed by atoms with van der Waals surface area (Å²) in [6.45, 7) is 4.63. The summed E-state index contributed by atoms with van der Waals surface area (Å²) < 4.78 is 11.0. The minimum absolute atomic E-state index is 0.0152. The first-order valence-electron chi connectivity index (χ1n) is 11.6. The molecule has 0 saturated carbocycles. The zero-order chi connectivity index (χ0) is 23.3. The van der Waals surface area contributed by atoms with Gasteiger partial charge in [-0.3, -0.25) is 14.6 Å². The Bertz CT molecular complexity index is 960. The van der Waals surface area contributed by atoms with Gasteiger partial charge < -0.3 is 19.3 Å². The molecule has 3 heterocycles. The summed E-state index contributed by atoms with van der Waals surface area (Å²) in [7, 11) is 1.52. The van der Waals surface area contributed by atoms with Crippen LogP contribution in [0.15, 0.2) is 42.7 Å². The van der Waals surface area contributed by atoms with E-state index in [0.29, 0.717) is 44.1 Å². The number of likely N-dealkylation sites (tertiary alicyclic amines) is 2. The highest BCUT2D eigenvalue weighted by Gasteiger charge is 2.42. The molecule has 4 rings (SSSR count). The molecule has 2 amide bonds. The van der Waals surface area contributed by atoms with Crippen molar-refractivity contribution in [2.24, 2.45) is 5.41 Å². The molecule has 0 bridgehead atoms. The molecule has 0 N–H and O–H groups in total. The maximum atomic E-state index is 13.6. The molecule has 2 aliphatic heterocycles. The monoisotopic (exact) mass is 452 g/mol. The van der Waals surface area contributed by atoms with Crippen LogP contribution < -0.4 is 4.74 Å². The first kappa shape index (κ1) is 23.2. The van der Waals surface area contributed by atoms with E-state index in [1.54, 1.807) is 17.3 Å². The summed E-state index contributed by atoms with van der Waals surface area (Å²) in [4.78, 5) is 38.5. The third-order valence-corrected chi connectivity index (χ3v) is 6.75. The van der Waals surface area contributed by atoms with Crippen LogP contribution in [0, 0.1) is 5.41 Å². The summed E-state index contributed by atoms with van der Waals surface area (Å²) in [6.07, 6.45) is 6.48. The van der Waals surface area contributed by atoms with E-state index < -0.39 is 5.41 Å². The standard InChI is InChI=1S/C25H32N4O4/c1-25(10-15-28(16-11-25)21(30)18-32-2)24(31)29-14-6-7-19(17-29)22-23(27-13-12-26-22)33-20-8-4-3-5-9-20/h3-5,8-9,12-13,19H,6-7,10-11,14-18H2,1-2H3. The highest BCUT2D eigenvalue weighted by molar-refractivity contribution is 5.83. The van der Waals surface area contributed by atoms with Gasteiger partial charge >= 0.3 is 0 Å². The van der Waals surface area contributed by atoms with Gasteiger partial charge in [-0.05, 0) is 37.8 Å². The SMILES string of the molecule is COCC(=O)N1CCC(C)(C(=O)N2CCCC(c3nccnc3Oc3ccccc3)C2)CC1. The van der Waals surface area contributed by atoms with Crippen LogP contribution in [-0.2, 0) is 14.3 Å². The molecule has 2 fully saturated rings. The zero-order valence-corrected chi connectivity index (χ0v) is 19.4. The van der Waals surface area contributed by atoms with Crippen LogP contribution >= 0.6 is 0 Å². The van der Waals surface area contributed by atoms with E-state index in [9.17, 15) is 9.59 Å². The normalized spacial score (nSPS) is 20.4. The van der Waals surface area contributed by atoms with Crippen molar-refractivity contribution in [1.82, 2.24) is 19.8 Å². The van der Waals surface area contributed by atoms with Gasteiger partial charge in [-0.25, -0.2) is 4.98 Å². The lowest BCUT2D eigenvalue weighted by Crippen LogP contribution is -2.52. The van der Waals surface area contributed by atoms with Gasteiger partial charge in [0, 0.05) is 57.0 Å². The smallest absolute Gasteiger partial charge is 0.248 e. The Kier molecular flexibility index (Phi) is 7.23. The minimum Gasteiger partial charge on any atom is -0.437 e. The maximum Gasteiger partial charge on any atom is 0.248 e. The minimum atomic E-state index is -0.461. The molecule has 8 heteroatoms. The van der Waals surface area contributed by atoms with E-state index in [1.807, 2.05) is 42.2 Å². The molecule has 2 aliphatic rings. The number of rotatable bonds is 6. The van der Waals surface area contributed by atoms with E-state index >= 15 is 0 Å². The molecule has 1 aromatic heterocycles. The van der Waals surface area contributed by atoms with Crippen molar-refractivity contribution in [3.63, 3.8) is 0 Å². The summed E-state index contributed by atoms with van der Waals surface area (Å²) >= 11 is 0. The van der Waals surface area contributed by atoms with Gasteiger partial charge in [0.05, 0.1) is 0 Å². The number of para-hydroxylation sites is 1. The van der Waals surface area contributed by atoms with Crippen LogP contribution in [0.25, 0.3) is 0 Å². The van der Waals surface area contributed by atoms with E-state index in [-0.39, 0.29) is 24.3 Å². The number of piperidine rings is 2. The Morgan fingerprint density at radius 1 is 1.06 bits per heavy atom. The highest BCUT2D eigenvalue weighted by atomic mass is 16.5. The van der Waals surface area contributed by atoms with Crippen LogP contribution in [0.5, 0.6) is 11.6 Å². The average Bonchev–Trinajstić information content (AvgIpc) is 2.85. The van der Waals surface area contributed by atoms with Crippen molar-refractivity contribution in [2.45, 2.75) is 38.5 Å². The molecule has 1 atom stereocenters. The Morgan fingerprint density at radius 2 is 1.79 bits per heavy atom. The molecule has 2 saturated heterocycles. The molecule has 2 aromatic rings. The fourth-order valence-corrected chi connectivity index (χ4v) is 4.74. The quantitative estimate of drug-likeness (QED) is 0.669. The van der Waals surface area contributed by atoms with Crippen LogP contribution in [0.2, 0.25) is 0 Å². The highest BCUT2D eigenvalue weighted by Crippen LogP contribution is 2.37. The zero-order valence-electron chi connectivity index (χ0n) is 19.4. The van der Waals surface area contributed by atoms with Gasteiger partial charge in [-0.2, -0.15) is 0 Å². The number of benzene rings is 1. The topological polar surface area (TPSA) is 84.9 Å². The molecular formula is C25H32N4O4. The van der Waals surface area contributed by atoms with Gasteiger partial charge in [0.15, 0.2) is 0 Å². The van der Waals surface area contributed by atoms with Gasteiger partial charge in [-0.15, -0.1) is 0 Å². The maximum absolute atomic E-state index is 13.6. The van der Waals surface area contributed by atoms with Crippen molar-refractivity contribution >= 4 is 11.8 Å². The molecule has 33 heavy (non-hydrogen) atoms. The van der Waals surface area contributed by atoms with Gasteiger partial charge in [0.1, 0.15) is 18.1 Å². The molecule has 0 aliphatic carbocycles. The van der Waals surface area contributed by atoms with Crippen molar-refractivity contribution in [2.75, 3.05) is 39.9 Å². The van der Waals surface area contributed by atoms with Crippen molar-refractivity contribution in [3.8, 4) is 11.6 Å². The average molecular weight is 453 g/mol. The van der Waals surface area contributed by atoms with Crippen molar-refractivity contribution in [1.29, 1.82) is 0 Å². The number of amides is 2. The number of ether oxygens (including phenoxy) is 2. The van der Waals surface area contributed by atoms with E-state index in [1.165, 1.54) is 7.11 Å². The lowest BCUT2D eigenvalue weighted by atomic mass is 9.78. The number of carbonyl (C=O) groups excluding carboxylic acids is 2. The van der Waals surface area contributed by atoms with E-state index in [0.717, 1.165) is 25.1 Å². The van der Waals surface area contributed by atoms with Gasteiger partial charge in [0.25, 0.3) is 0 Å². The van der Waals surface area contributed by atoms with Crippen LogP contribution in [0.4, 0.5) is 0 Å². The summed E-state index contributed by atoms with van der Waals surface area (Å²) in [5, 5.41) is 0. The third kappa shape index (κ3) is 5.33. The number of nitrogens with zero attached hydrogens (tertiary/aromatic N) is 4. The number of aromatic nitrogens is 2. The summed E-state index contributed by atoms with van der Waals surface area (Å²) in [5.41, 5.74) is 0.335. The number of carbonyl (C=O) groups is 2. The second-order valence-corrected chi connectivity index (χ2v) is 9.13. The van der Waals surface area contributed by atoms with Crippen molar-refractivity contribution < 1.29 is 19.1 Å². The molecule has 8 nitrogen and oxygen atoms in total. The molecule has 1 unspecified atom stereocenters. The predicted octanol–water partition coefficient (Wildman–Crippen LogP) is 3.25.